The van der Waals surface area contributed by atoms with Crippen LogP contribution in [0, 0.1) is 10.1 Å². The number of nitro groups is 1. The summed E-state index contributed by atoms with van der Waals surface area (Å²) in [7, 11) is 0. The summed E-state index contributed by atoms with van der Waals surface area (Å²) in [6.45, 7) is -1.48. The first kappa shape index (κ1) is 13.4. The molecule has 0 spiro atoms. The van der Waals surface area contributed by atoms with Crippen molar-refractivity contribution in [3.8, 4) is 0 Å². The molecule has 0 aromatic heterocycles. The van der Waals surface area contributed by atoms with Crippen LogP contribution in [0.1, 0.15) is 0 Å². The highest BCUT2D eigenvalue weighted by Crippen LogP contribution is 2.25. The molecule has 0 fully saturated rings. The first-order chi connectivity index (χ1) is 7.58. The minimum atomic E-state index is -1.85. The van der Waals surface area contributed by atoms with E-state index in [0.29, 0.717) is 0 Å². The van der Waals surface area contributed by atoms with Crippen molar-refractivity contribution in [2.75, 3.05) is 13.3 Å². The third kappa shape index (κ3) is 3.73. The van der Waals surface area contributed by atoms with Crippen LogP contribution in [0.4, 0.5) is 4.39 Å². The molecule has 1 rings (SSSR count). The summed E-state index contributed by atoms with van der Waals surface area (Å²) in [4.78, 5) is 10.6. The van der Waals surface area contributed by atoms with Gasteiger partial charge in [-0.15, -0.1) is 0 Å². The lowest BCUT2D eigenvalue weighted by Gasteiger charge is -2.14. The Labute approximate surface area is 105 Å². The summed E-state index contributed by atoms with van der Waals surface area (Å²) >= 11 is 3.69. The normalized spacial score (nSPS) is 14.4. The molecule has 0 amide bonds. The zero-order valence-electron chi connectivity index (χ0n) is 8.14. The van der Waals surface area contributed by atoms with E-state index < -0.39 is 16.0 Å². The molecule has 0 saturated heterocycles. The van der Waals surface area contributed by atoms with Crippen LogP contribution in [0.2, 0.25) is 0 Å². The molecule has 1 unspecified atom stereocenters. The molecule has 0 aliphatic rings. The molecule has 0 N–H and O–H groups in total. The molecule has 0 bridgehead atoms. The highest BCUT2D eigenvalue weighted by Gasteiger charge is 2.41. The predicted octanol–water partition coefficient (Wildman–Crippen LogP) is 3.05. The second-order valence-corrected chi connectivity index (χ2v) is 5.32. The SMILES string of the molecule is O=[N+]([O-])C(Br)(CF)COSc1ccccc1. The van der Waals surface area contributed by atoms with Gasteiger partial charge in [-0.25, -0.2) is 4.39 Å². The van der Waals surface area contributed by atoms with Gasteiger partial charge in [0, 0.05) is 37.8 Å². The van der Waals surface area contributed by atoms with Gasteiger partial charge in [-0.2, -0.15) is 0 Å². The van der Waals surface area contributed by atoms with Crippen LogP contribution < -0.4 is 0 Å². The Morgan fingerprint density at radius 3 is 2.62 bits per heavy atom. The largest absolute Gasteiger partial charge is 0.326 e. The van der Waals surface area contributed by atoms with Crippen LogP contribution >= 0.6 is 28.0 Å². The van der Waals surface area contributed by atoms with Crippen molar-refractivity contribution in [2.45, 2.75) is 9.34 Å². The average molecular weight is 310 g/mol. The summed E-state index contributed by atoms with van der Waals surface area (Å²) in [6, 6.07) is 9.06. The maximum absolute atomic E-state index is 12.4. The third-order valence-corrected chi connectivity index (χ3v) is 3.14. The molecular weight excluding hydrogens is 301 g/mol. The summed E-state index contributed by atoms with van der Waals surface area (Å²) in [5.41, 5.74) is 0. The van der Waals surface area contributed by atoms with Crippen molar-refractivity contribution in [1.29, 1.82) is 0 Å². The van der Waals surface area contributed by atoms with Crippen molar-refractivity contribution >= 4 is 28.0 Å². The van der Waals surface area contributed by atoms with Crippen molar-refractivity contribution < 1.29 is 13.5 Å². The monoisotopic (exact) mass is 309 g/mol. The maximum Gasteiger partial charge on any atom is 0.326 e. The summed E-state index contributed by atoms with van der Waals surface area (Å²) in [5, 5.41) is 10.5. The maximum atomic E-state index is 12.4. The molecule has 0 heterocycles. The number of rotatable bonds is 6. The Balaban J connectivity index is 2.43. The second kappa shape index (κ2) is 6.17. The Hall–Kier alpha value is -0.660. The molecule has 1 atom stereocenters. The smallest absolute Gasteiger partial charge is 0.302 e. The van der Waals surface area contributed by atoms with Crippen LogP contribution in [0.25, 0.3) is 0 Å². The van der Waals surface area contributed by atoms with Crippen molar-refractivity contribution in [2.24, 2.45) is 0 Å². The zero-order chi connectivity index (χ0) is 12.0. The fraction of sp³-hybridized carbons (Fsp3) is 0.333. The van der Waals surface area contributed by atoms with Crippen molar-refractivity contribution in [3.05, 3.63) is 40.4 Å². The summed E-state index contributed by atoms with van der Waals surface area (Å²) in [5.74, 6) is 0. The lowest BCUT2D eigenvalue weighted by molar-refractivity contribution is -0.538. The summed E-state index contributed by atoms with van der Waals surface area (Å²) in [6.07, 6.45) is 0. The molecule has 1 aromatic rings. The fourth-order valence-corrected chi connectivity index (χ4v) is 1.73. The van der Waals surface area contributed by atoms with E-state index in [9.17, 15) is 14.5 Å². The van der Waals surface area contributed by atoms with Crippen LogP contribution in [0.15, 0.2) is 35.2 Å². The predicted molar refractivity (Wildman–Crippen MR) is 62.9 cm³/mol. The first-order valence-corrected chi connectivity index (χ1v) is 5.86. The number of nitrogens with zero attached hydrogens (tertiary/aromatic N) is 1. The Morgan fingerprint density at radius 2 is 2.12 bits per heavy atom. The lowest BCUT2D eigenvalue weighted by atomic mass is 10.4. The fourth-order valence-electron chi connectivity index (χ4n) is 0.804. The van der Waals surface area contributed by atoms with Crippen LogP contribution in [-0.4, -0.2) is 22.7 Å². The third-order valence-electron chi connectivity index (χ3n) is 1.71. The number of hydrogen-bond donors (Lipinski definition) is 0. The van der Waals surface area contributed by atoms with E-state index in [1.54, 1.807) is 12.1 Å². The molecule has 0 saturated carbocycles. The van der Waals surface area contributed by atoms with Gasteiger partial charge in [0.05, 0.1) is 0 Å². The van der Waals surface area contributed by atoms with Crippen molar-refractivity contribution in [3.63, 3.8) is 0 Å². The van der Waals surface area contributed by atoms with Gasteiger partial charge >= 0.3 is 4.45 Å². The minimum absolute atomic E-state index is 0.351. The Bertz CT molecular complexity index is 354. The van der Waals surface area contributed by atoms with E-state index in [1.165, 1.54) is 0 Å². The van der Waals surface area contributed by atoms with Gasteiger partial charge in [0.15, 0.2) is 6.67 Å². The molecule has 7 heteroatoms. The minimum Gasteiger partial charge on any atom is -0.302 e. The number of benzene rings is 1. The van der Waals surface area contributed by atoms with E-state index in [-0.39, 0.29) is 6.61 Å². The Morgan fingerprint density at radius 1 is 1.50 bits per heavy atom. The van der Waals surface area contributed by atoms with Gasteiger partial charge in [0.2, 0.25) is 0 Å². The van der Waals surface area contributed by atoms with Crippen molar-refractivity contribution in [1.82, 2.24) is 0 Å². The van der Waals surface area contributed by atoms with Crippen LogP contribution in [0.5, 0.6) is 0 Å². The quantitative estimate of drug-likeness (QED) is 0.266. The first-order valence-electron chi connectivity index (χ1n) is 4.32. The van der Waals surface area contributed by atoms with Gasteiger partial charge in [-0.1, -0.05) is 18.2 Å². The topological polar surface area (TPSA) is 52.4 Å². The number of halogens is 2. The molecule has 1 aromatic carbocycles. The molecule has 0 aliphatic carbocycles. The summed E-state index contributed by atoms with van der Waals surface area (Å²) < 4.78 is 15.6. The van der Waals surface area contributed by atoms with E-state index >= 15 is 0 Å². The van der Waals surface area contributed by atoms with E-state index in [0.717, 1.165) is 16.9 Å². The Kier molecular flexibility index (Phi) is 5.17. The van der Waals surface area contributed by atoms with E-state index in [2.05, 4.69) is 15.9 Å². The van der Waals surface area contributed by atoms with Gasteiger partial charge in [-0.3, -0.25) is 10.1 Å². The van der Waals surface area contributed by atoms with Crippen LogP contribution in [-0.2, 0) is 4.18 Å². The second-order valence-electron chi connectivity index (χ2n) is 2.97. The standard InChI is InChI=1S/C9H9BrFNO3S/c10-9(6-11,12(13)14)7-15-16-8-4-2-1-3-5-8/h1-5H,6-7H2. The average Bonchev–Trinajstić information content (AvgIpc) is 2.30. The molecule has 88 valence electrons. The van der Waals surface area contributed by atoms with Crippen LogP contribution in [0.3, 0.4) is 0 Å². The number of alkyl halides is 2. The molecule has 0 aliphatic heterocycles. The molecular formula is C9H9BrFNO3S. The van der Waals surface area contributed by atoms with Gasteiger partial charge in [-0.05, 0) is 12.1 Å². The van der Waals surface area contributed by atoms with Gasteiger partial charge in [0.25, 0.3) is 0 Å². The molecule has 16 heavy (non-hydrogen) atoms. The highest BCUT2D eigenvalue weighted by molar-refractivity contribution is 9.10. The highest BCUT2D eigenvalue weighted by atomic mass is 79.9. The number of hydrogen-bond acceptors (Lipinski definition) is 4. The molecule has 0 radical (unpaired) electrons. The van der Waals surface area contributed by atoms with Gasteiger partial charge in [0.1, 0.15) is 6.61 Å². The zero-order valence-corrected chi connectivity index (χ0v) is 10.5. The van der Waals surface area contributed by atoms with Gasteiger partial charge < -0.3 is 4.18 Å². The van der Waals surface area contributed by atoms with E-state index in [1.807, 2.05) is 18.2 Å². The van der Waals surface area contributed by atoms with E-state index in [4.69, 9.17) is 4.18 Å². The molecule has 4 nitrogen and oxygen atoms in total. The lowest BCUT2D eigenvalue weighted by Crippen LogP contribution is -2.38.